The molecule has 154 valence electrons. The minimum absolute atomic E-state index is 0.0861. The van der Waals surface area contributed by atoms with Gasteiger partial charge in [0.2, 0.25) is 0 Å². The third-order valence-corrected chi connectivity index (χ3v) is 5.03. The predicted molar refractivity (Wildman–Crippen MR) is 123 cm³/mol. The first kappa shape index (κ1) is 21.6. The highest BCUT2D eigenvalue weighted by atomic mass is 35.5. The maximum atomic E-state index is 12.1. The molecule has 1 atom stereocenters. The van der Waals surface area contributed by atoms with Gasteiger partial charge in [0.05, 0.1) is 5.69 Å². The molecular weight excluding hydrogens is 398 g/mol. The molecule has 30 heavy (non-hydrogen) atoms. The molecule has 1 amide bonds. The van der Waals surface area contributed by atoms with Gasteiger partial charge in [-0.2, -0.15) is 0 Å². The van der Waals surface area contributed by atoms with Crippen molar-refractivity contribution in [1.82, 2.24) is 5.32 Å². The van der Waals surface area contributed by atoms with Crippen molar-refractivity contribution in [2.24, 2.45) is 10.7 Å². The van der Waals surface area contributed by atoms with Gasteiger partial charge in [0.15, 0.2) is 0 Å². The first-order chi connectivity index (χ1) is 14.6. The van der Waals surface area contributed by atoms with Crippen molar-refractivity contribution in [2.75, 3.05) is 13.1 Å². The van der Waals surface area contributed by atoms with Crippen molar-refractivity contribution < 1.29 is 9.53 Å². The molecule has 0 aromatic heterocycles. The lowest BCUT2D eigenvalue weighted by Gasteiger charge is -2.18. The summed E-state index contributed by atoms with van der Waals surface area (Å²) >= 11 is 5.84. The van der Waals surface area contributed by atoms with Crippen molar-refractivity contribution in [1.29, 1.82) is 0 Å². The van der Waals surface area contributed by atoms with Crippen molar-refractivity contribution in [3.05, 3.63) is 83.4 Å². The van der Waals surface area contributed by atoms with E-state index in [4.69, 9.17) is 22.1 Å². The van der Waals surface area contributed by atoms with E-state index in [0.717, 1.165) is 28.8 Å². The summed E-state index contributed by atoms with van der Waals surface area (Å²) in [5, 5.41) is 3.41. The van der Waals surface area contributed by atoms with E-state index in [1.165, 1.54) is 0 Å². The first-order valence-corrected chi connectivity index (χ1v) is 10.1. The Balaban J connectivity index is 1.64. The standard InChI is InChI=1S/C24H24ClN3O2/c1-27-22-4-2-3-19(15-22)17-5-7-18(8-6-17)20(13-14-26)16-28-24(29)30-23-11-9-21(25)10-12-23/h2-12,15,20H,1,13-14,16,26H2,(H,28,29). The zero-order valence-electron chi connectivity index (χ0n) is 16.6. The summed E-state index contributed by atoms with van der Waals surface area (Å²) in [7, 11) is 0. The lowest BCUT2D eigenvalue weighted by atomic mass is 9.93. The molecule has 0 spiro atoms. The molecule has 5 nitrogen and oxygen atoms in total. The Morgan fingerprint density at radius 2 is 1.80 bits per heavy atom. The minimum Gasteiger partial charge on any atom is -0.410 e. The van der Waals surface area contributed by atoms with Crippen LogP contribution in [0.1, 0.15) is 17.9 Å². The van der Waals surface area contributed by atoms with Crippen LogP contribution in [0, 0.1) is 0 Å². The van der Waals surface area contributed by atoms with E-state index in [-0.39, 0.29) is 5.92 Å². The van der Waals surface area contributed by atoms with E-state index < -0.39 is 6.09 Å². The summed E-state index contributed by atoms with van der Waals surface area (Å²) in [5.41, 5.74) is 9.89. The summed E-state index contributed by atoms with van der Waals surface area (Å²) in [6.45, 7) is 4.53. The van der Waals surface area contributed by atoms with Crippen LogP contribution in [-0.4, -0.2) is 25.9 Å². The fraction of sp³-hybridized carbons (Fsp3) is 0.167. The Labute approximate surface area is 181 Å². The molecule has 3 aromatic rings. The quantitative estimate of drug-likeness (QED) is 0.467. The highest BCUT2D eigenvalue weighted by Gasteiger charge is 2.14. The van der Waals surface area contributed by atoms with Crippen molar-refractivity contribution in [3.8, 4) is 16.9 Å². The van der Waals surface area contributed by atoms with Crippen molar-refractivity contribution in [2.45, 2.75) is 12.3 Å². The lowest BCUT2D eigenvalue weighted by molar-refractivity contribution is 0.199. The Kier molecular flexibility index (Phi) is 7.60. The van der Waals surface area contributed by atoms with Crippen LogP contribution < -0.4 is 15.8 Å². The maximum absolute atomic E-state index is 12.1. The van der Waals surface area contributed by atoms with Crippen LogP contribution in [0.2, 0.25) is 5.02 Å². The second kappa shape index (κ2) is 10.6. The molecule has 0 saturated carbocycles. The molecule has 0 aliphatic rings. The monoisotopic (exact) mass is 421 g/mol. The number of aliphatic imine (C=N–C) groups is 1. The van der Waals surface area contributed by atoms with Crippen LogP contribution in [0.25, 0.3) is 11.1 Å². The molecule has 0 bridgehead atoms. The van der Waals surface area contributed by atoms with Crippen molar-refractivity contribution >= 4 is 30.1 Å². The molecule has 0 fully saturated rings. The van der Waals surface area contributed by atoms with E-state index in [1.807, 2.05) is 24.3 Å². The Hall–Kier alpha value is -3.15. The van der Waals surface area contributed by atoms with Crippen LogP contribution in [0.3, 0.4) is 0 Å². The van der Waals surface area contributed by atoms with Crippen LogP contribution in [0.4, 0.5) is 10.5 Å². The SMILES string of the molecule is C=Nc1cccc(-c2ccc(C(CCN)CNC(=O)Oc3ccc(Cl)cc3)cc2)c1. The minimum atomic E-state index is -0.510. The highest BCUT2D eigenvalue weighted by molar-refractivity contribution is 6.30. The number of carbonyl (C=O) groups is 1. The summed E-state index contributed by atoms with van der Waals surface area (Å²) in [6, 6.07) is 22.8. The molecule has 3 aromatic carbocycles. The van der Waals surface area contributed by atoms with Gasteiger partial charge in [-0.3, -0.25) is 4.99 Å². The number of hydrogen-bond donors (Lipinski definition) is 2. The third kappa shape index (κ3) is 5.92. The number of halogens is 1. The maximum Gasteiger partial charge on any atom is 0.412 e. The van der Waals surface area contributed by atoms with Crippen LogP contribution in [-0.2, 0) is 0 Å². The van der Waals surface area contributed by atoms with Gasteiger partial charge in [-0.05, 0) is 72.8 Å². The average molecular weight is 422 g/mol. The molecule has 0 heterocycles. The highest BCUT2D eigenvalue weighted by Crippen LogP contribution is 2.27. The lowest BCUT2D eigenvalue weighted by Crippen LogP contribution is -2.31. The fourth-order valence-corrected chi connectivity index (χ4v) is 3.30. The van der Waals surface area contributed by atoms with E-state index in [0.29, 0.717) is 23.9 Å². The molecule has 6 heteroatoms. The summed E-state index contributed by atoms with van der Waals surface area (Å²) in [5.74, 6) is 0.524. The van der Waals surface area contributed by atoms with E-state index in [1.54, 1.807) is 24.3 Å². The van der Waals surface area contributed by atoms with Crippen LogP contribution >= 0.6 is 11.6 Å². The van der Waals surface area contributed by atoms with E-state index in [2.05, 4.69) is 41.3 Å². The van der Waals surface area contributed by atoms with Gasteiger partial charge in [0.1, 0.15) is 5.75 Å². The number of carbonyl (C=O) groups excluding carboxylic acids is 1. The molecule has 0 radical (unpaired) electrons. The molecule has 0 aliphatic carbocycles. The van der Waals surface area contributed by atoms with Gasteiger partial charge in [-0.1, -0.05) is 48.0 Å². The van der Waals surface area contributed by atoms with Gasteiger partial charge < -0.3 is 15.8 Å². The second-order valence-corrected chi connectivity index (χ2v) is 7.27. The predicted octanol–water partition coefficient (Wildman–Crippen LogP) is 5.56. The summed E-state index contributed by atoms with van der Waals surface area (Å²) in [4.78, 5) is 16.1. The molecular formula is C24H24ClN3O2. The Morgan fingerprint density at radius 3 is 2.47 bits per heavy atom. The molecule has 1 unspecified atom stereocenters. The molecule has 0 saturated heterocycles. The molecule has 3 rings (SSSR count). The topological polar surface area (TPSA) is 76.7 Å². The second-order valence-electron chi connectivity index (χ2n) is 6.83. The zero-order valence-corrected chi connectivity index (χ0v) is 17.3. The smallest absolute Gasteiger partial charge is 0.410 e. The third-order valence-electron chi connectivity index (χ3n) is 4.78. The Morgan fingerprint density at radius 1 is 1.07 bits per heavy atom. The van der Waals surface area contributed by atoms with Crippen molar-refractivity contribution in [3.63, 3.8) is 0 Å². The molecule has 3 N–H and O–H groups in total. The number of ether oxygens (including phenoxy) is 1. The van der Waals surface area contributed by atoms with Gasteiger partial charge in [0, 0.05) is 17.5 Å². The largest absolute Gasteiger partial charge is 0.412 e. The average Bonchev–Trinajstić information content (AvgIpc) is 2.78. The van der Waals surface area contributed by atoms with Crippen LogP contribution in [0.15, 0.2) is 77.8 Å². The fourth-order valence-electron chi connectivity index (χ4n) is 3.17. The van der Waals surface area contributed by atoms with Crippen LogP contribution in [0.5, 0.6) is 5.75 Å². The number of amides is 1. The number of rotatable bonds is 8. The summed E-state index contributed by atoms with van der Waals surface area (Å²) < 4.78 is 5.28. The normalized spacial score (nSPS) is 11.5. The van der Waals surface area contributed by atoms with Gasteiger partial charge in [-0.25, -0.2) is 4.79 Å². The zero-order chi connectivity index (χ0) is 21.3. The number of hydrogen-bond acceptors (Lipinski definition) is 4. The number of nitrogens with two attached hydrogens (primary N) is 1. The van der Waals surface area contributed by atoms with Gasteiger partial charge in [-0.15, -0.1) is 0 Å². The summed E-state index contributed by atoms with van der Waals surface area (Å²) in [6.07, 6.45) is 0.237. The van der Waals surface area contributed by atoms with E-state index in [9.17, 15) is 4.79 Å². The van der Waals surface area contributed by atoms with Gasteiger partial charge >= 0.3 is 6.09 Å². The van der Waals surface area contributed by atoms with Gasteiger partial charge in [0.25, 0.3) is 0 Å². The Bertz CT molecular complexity index is 988. The number of nitrogens with one attached hydrogen (secondary N) is 1. The number of benzene rings is 3. The van der Waals surface area contributed by atoms with E-state index >= 15 is 0 Å². The first-order valence-electron chi connectivity index (χ1n) is 9.67. The molecule has 0 aliphatic heterocycles. The number of nitrogens with zero attached hydrogens (tertiary/aromatic N) is 1.